The van der Waals surface area contributed by atoms with E-state index in [0.717, 1.165) is 21.8 Å². The van der Waals surface area contributed by atoms with Crippen LogP contribution in [0.25, 0.3) is 22.9 Å². The maximum absolute atomic E-state index is 9.51. The quantitative estimate of drug-likeness (QED) is 0.550. The van der Waals surface area contributed by atoms with Crippen molar-refractivity contribution in [2.24, 2.45) is 0 Å². The van der Waals surface area contributed by atoms with Crippen molar-refractivity contribution < 1.29 is 0 Å². The van der Waals surface area contributed by atoms with Crippen molar-refractivity contribution in [3.8, 4) is 17.3 Å². The SMILES string of the molecule is CC(C)c1ccc(/C=C(\C#N)c2nc(-c3ccccc3)cs2)cc1. The molecule has 118 valence electrons. The number of benzene rings is 2. The molecule has 0 saturated carbocycles. The van der Waals surface area contributed by atoms with Crippen molar-refractivity contribution in [3.05, 3.63) is 76.1 Å². The third-order valence-electron chi connectivity index (χ3n) is 3.84. The van der Waals surface area contributed by atoms with Gasteiger partial charge in [-0.3, -0.25) is 0 Å². The number of thiazole rings is 1. The normalized spacial score (nSPS) is 11.5. The highest BCUT2D eigenvalue weighted by Crippen LogP contribution is 2.27. The van der Waals surface area contributed by atoms with Gasteiger partial charge in [0.1, 0.15) is 11.1 Å². The summed E-state index contributed by atoms with van der Waals surface area (Å²) in [5.74, 6) is 0.505. The first kappa shape index (κ1) is 16.2. The molecule has 0 N–H and O–H groups in total. The first-order valence-electron chi connectivity index (χ1n) is 7.90. The summed E-state index contributed by atoms with van der Waals surface area (Å²) >= 11 is 1.50. The highest BCUT2D eigenvalue weighted by Gasteiger charge is 2.09. The average Bonchev–Trinajstić information content (AvgIpc) is 3.11. The third-order valence-corrected chi connectivity index (χ3v) is 4.71. The van der Waals surface area contributed by atoms with Crippen molar-refractivity contribution in [1.82, 2.24) is 4.98 Å². The van der Waals surface area contributed by atoms with Crippen molar-refractivity contribution in [2.45, 2.75) is 19.8 Å². The number of aromatic nitrogens is 1. The largest absolute Gasteiger partial charge is 0.235 e. The number of rotatable bonds is 4. The number of allylic oxidation sites excluding steroid dienone is 1. The lowest BCUT2D eigenvalue weighted by Crippen LogP contribution is -1.87. The lowest BCUT2D eigenvalue weighted by Gasteiger charge is -2.04. The fourth-order valence-corrected chi connectivity index (χ4v) is 3.22. The Labute approximate surface area is 146 Å². The molecule has 24 heavy (non-hydrogen) atoms. The van der Waals surface area contributed by atoms with Crippen LogP contribution in [0.2, 0.25) is 0 Å². The van der Waals surface area contributed by atoms with Gasteiger partial charge >= 0.3 is 0 Å². The van der Waals surface area contributed by atoms with Gasteiger partial charge in [0.15, 0.2) is 0 Å². The summed E-state index contributed by atoms with van der Waals surface area (Å²) in [4.78, 5) is 4.62. The van der Waals surface area contributed by atoms with Crippen LogP contribution in [-0.4, -0.2) is 4.98 Å². The molecule has 1 heterocycles. The Morgan fingerprint density at radius 1 is 1.08 bits per heavy atom. The summed E-state index contributed by atoms with van der Waals surface area (Å²) in [6.45, 7) is 4.35. The third kappa shape index (κ3) is 3.61. The smallest absolute Gasteiger partial charge is 0.134 e. The second kappa shape index (κ2) is 7.25. The van der Waals surface area contributed by atoms with Crippen molar-refractivity contribution in [1.29, 1.82) is 5.26 Å². The molecule has 3 rings (SSSR count). The average molecular weight is 330 g/mol. The molecular formula is C21H18N2S. The molecule has 0 unspecified atom stereocenters. The van der Waals surface area contributed by atoms with Gasteiger partial charge in [-0.2, -0.15) is 5.26 Å². The molecule has 0 aliphatic carbocycles. The summed E-state index contributed by atoms with van der Waals surface area (Å²) in [6, 6.07) is 20.6. The molecular weight excluding hydrogens is 312 g/mol. The predicted molar refractivity (Wildman–Crippen MR) is 102 cm³/mol. The number of hydrogen-bond acceptors (Lipinski definition) is 3. The fraction of sp³-hybridized carbons (Fsp3) is 0.143. The topological polar surface area (TPSA) is 36.7 Å². The van der Waals surface area contributed by atoms with E-state index in [0.29, 0.717) is 11.5 Å². The van der Waals surface area contributed by atoms with Crippen molar-refractivity contribution >= 4 is 23.0 Å². The highest BCUT2D eigenvalue weighted by atomic mass is 32.1. The molecule has 1 aromatic heterocycles. The van der Waals surface area contributed by atoms with Crippen LogP contribution in [0, 0.1) is 11.3 Å². The number of hydrogen-bond donors (Lipinski definition) is 0. The summed E-state index contributed by atoms with van der Waals surface area (Å²) in [6.07, 6.45) is 1.90. The molecule has 3 aromatic rings. The van der Waals surface area contributed by atoms with Gasteiger partial charge in [-0.05, 0) is 23.1 Å². The Kier molecular flexibility index (Phi) is 4.88. The monoisotopic (exact) mass is 330 g/mol. The van der Waals surface area contributed by atoms with Crippen LogP contribution >= 0.6 is 11.3 Å². The van der Waals surface area contributed by atoms with Crippen LogP contribution < -0.4 is 0 Å². The van der Waals surface area contributed by atoms with E-state index >= 15 is 0 Å². The van der Waals surface area contributed by atoms with E-state index in [9.17, 15) is 5.26 Å². The zero-order valence-electron chi connectivity index (χ0n) is 13.7. The molecule has 2 aromatic carbocycles. The van der Waals surface area contributed by atoms with E-state index < -0.39 is 0 Å². The van der Waals surface area contributed by atoms with Crippen LogP contribution in [0.15, 0.2) is 60.0 Å². The maximum Gasteiger partial charge on any atom is 0.134 e. The Bertz CT molecular complexity index is 882. The summed E-state index contributed by atoms with van der Waals surface area (Å²) in [5.41, 5.74) is 4.89. The molecule has 0 fully saturated rings. The summed E-state index contributed by atoms with van der Waals surface area (Å²) in [5, 5.41) is 12.3. The first-order chi connectivity index (χ1) is 11.7. The van der Waals surface area contributed by atoms with E-state index in [-0.39, 0.29) is 0 Å². The maximum atomic E-state index is 9.51. The minimum Gasteiger partial charge on any atom is -0.235 e. The number of nitriles is 1. The van der Waals surface area contributed by atoms with E-state index in [2.05, 4.69) is 49.2 Å². The summed E-state index contributed by atoms with van der Waals surface area (Å²) in [7, 11) is 0. The standard InChI is InChI=1S/C21H18N2S/c1-15(2)17-10-8-16(9-11-17)12-19(13-22)21-23-20(14-24-21)18-6-4-3-5-7-18/h3-12,14-15H,1-2H3/b19-12+. The zero-order valence-corrected chi connectivity index (χ0v) is 14.5. The highest BCUT2D eigenvalue weighted by molar-refractivity contribution is 7.11. The van der Waals surface area contributed by atoms with Crippen LogP contribution in [0.1, 0.15) is 35.9 Å². The lowest BCUT2D eigenvalue weighted by molar-refractivity contribution is 0.866. The van der Waals surface area contributed by atoms with E-state index in [1.54, 1.807) is 0 Å². The minimum absolute atomic E-state index is 0.505. The zero-order chi connectivity index (χ0) is 16.9. The second-order valence-electron chi connectivity index (χ2n) is 5.90. The molecule has 0 aliphatic rings. The fourth-order valence-electron chi connectivity index (χ4n) is 2.42. The van der Waals surface area contributed by atoms with Crippen LogP contribution in [-0.2, 0) is 0 Å². The van der Waals surface area contributed by atoms with Crippen LogP contribution in [0.3, 0.4) is 0 Å². The molecule has 0 aliphatic heterocycles. The van der Waals surface area contributed by atoms with Gasteiger partial charge in [0, 0.05) is 10.9 Å². The minimum atomic E-state index is 0.505. The second-order valence-corrected chi connectivity index (χ2v) is 6.75. The van der Waals surface area contributed by atoms with Gasteiger partial charge in [0.25, 0.3) is 0 Å². The van der Waals surface area contributed by atoms with Gasteiger partial charge in [-0.1, -0.05) is 68.4 Å². The van der Waals surface area contributed by atoms with Gasteiger partial charge in [-0.15, -0.1) is 11.3 Å². The predicted octanol–water partition coefficient (Wildman–Crippen LogP) is 6.00. The van der Waals surface area contributed by atoms with E-state index in [1.807, 2.05) is 41.8 Å². The van der Waals surface area contributed by atoms with E-state index in [1.165, 1.54) is 16.9 Å². The molecule has 0 saturated heterocycles. The van der Waals surface area contributed by atoms with E-state index in [4.69, 9.17) is 0 Å². The molecule has 3 heteroatoms. The number of nitrogens with zero attached hydrogens (tertiary/aromatic N) is 2. The van der Waals surface area contributed by atoms with Gasteiger partial charge in [0.05, 0.1) is 11.3 Å². The van der Waals surface area contributed by atoms with Crippen molar-refractivity contribution in [2.75, 3.05) is 0 Å². The van der Waals surface area contributed by atoms with Gasteiger partial charge < -0.3 is 0 Å². The summed E-state index contributed by atoms with van der Waals surface area (Å²) < 4.78 is 0. The van der Waals surface area contributed by atoms with Crippen LogP contribution in [0.5, 0.6) is 0 Å². The van der Waals surface area contributed by atoms with Gasteiger partial charge in [0.2, 0.25) is 0 Å². The molecule has 0 amide bonds. The Balaban J connectivity index is 1.89. The molecule has 0 atom stereocenters. The Morgan fingerprint density at radius 3 is 2.42 bits per heavy atom. The molecule has 0 bridgehead atoms. The molecule has 0 spiro atoms. The van der Waals surface area contributed by atoms with Gasteiger partial charge in [-0.25, -0.2) is 4.98 Å². The molecule has 2 nitrogen and oxygen atoms in total. The van der Waals surface area contributed by atoms with Crippen molar-refractivity contribution in [3.63, 3.8) is 0 Å². The Hall–Kier alpha value is -2.70. The first-order valence-corrected chi connectivity index (χ1v) is 8.78. The van der Waals surface area contributed by atoms with Crippen LogP contribution in [0.4, 0.5) is 0 Å². The lowest BCUT2D eigenvalue weighted by atomic mass is 10.0. The Morgan fingerprint density at radius 2 is 1.79 bits per heavy atom. The molecule has 0 radical (unpaired) electrons.